The van der Waals surface area contributed by atoms with Gasteiger partial charge in [-0.2, -0.15) is 0 Å². The maximum absolute atomic E-state index is 13.4. The van der Waals surface area contributed by atoms with Crippen molar-refractivity contribution in [2.24, 2.45) is 0 Å². The predicted molar refractivity (Wildman–Crippen MR) is 149 cm³/mol. The van der Waals surface area contributed by atoms with Gasteiger partial charge >= 0.3 is 0 Å². The second-order valence-corrected chi connectivity index (χ2v) is 11.6. The number of hydrogen-bond donors (Lipinski definition) is 1. The highest BCUT2D eigenvalue weighted by Crippen LogP contribution is 2.31. The Kier molecular flexibility index (Phi) is 11.5. The number of benzene rings is 2. The summed E-state index contributed by atoms with van der Waals surface area (Å²) in [7, 11) is -2.12. The van der Waals surface area contributed by atoms with E-state index in [0.717, 1.165) is 22.5 Å². The highest BCUT2D eigenvalue weighted by molar-refractivity contribution is 7.92. The summed E-state index contributed by atoms with van der Waals surface area (Å²) in [6, 6.07) is 11.1. The van der Waals surface area contributed by atoms with Gasteiger partial charge in [-0.3, -0.25) is 13.9 Å². The van der Waals surface area contributed by atoms with E-state index in [2.05, 4.69) is 5.32 Å². The van der Waals surface area contributed by atoms with Crippen LogP contribution in [0.2, 0.25) is 10.0 Å². The van der Waals surface area contributed by atoms with Gasteiger partial charge in [0.15, 0.2) is 0 Å². The molecule has 2 amide bonds. The number of carbonyl (C=O) groups is 2. The van der Waals surface area contributed by atoms with Crippen LogP contribution in [0.15, 0.2) is 42.5 Å². The Morgan fingerprint density at radius 3 is 2.30 bits per heavy atom. The van der Waals surface area contributed by atoms with E-state index in [1.165, 1.54) is 17.0 Å². The van der Waals surface area contributed by atoms with Gasteiger partial charge < -0.3 is 15.0 Å². The summed E-state index contributed by atoms with van der Waals surface area (Å²) in [6.07, 6.45) is 2.08. The van der Waals surface area contributed by atoms with Gasteiger partial charge in [0, 0.05) is 30.6 Å². The van der Waals surface area contributed by atoms with Crippen molar-refractivity contribution in [2.45, 2.75) is 58.7 Å². The minimum Gasteiger partial charge on any atom is -0.497 e. The van der Waals surface area contributed by atoms with Crippen LogP contribution in [-0.2, 0) is 26.2 Å². The fourth-order valence-corrected chi connectivity index (χ4v) is 5.04. The number of nitrogens with zero attached hydrogens (tertiary/aromatic N) is 2. The SMILES string of the molecule is CC[C@H](C)NC(=O)[C@H](C)N(Cc1ccc(OC)cc1)C(=O)CCCN(c1cc(Cl)ccc1Cl)S(C)(=O)=O. The second-order valence-electron chi connectivity index (χ2n) is 8.90. The summed E-state index contributed by atoms with van der Waals surface area (Å²) in [5.74, 6) is 0.165. The van der Waals surface area contributed by atoms with E-state index in [0.29, 0.717) is 10.8 Å². The van der Waals surface area contributed by atoms with Crippen LogP contribution in [0.5, 0.6) is 5.75 Å². The maximum Gasteiger partial charge on any atom is 0.242 e. The van der Waals surface area contributed by atoms with Gasteiger partial charge in [-0.15, -0.1) is 0 Å². The van der Waals surface area contributed by atoms with Crippen molar-refractivity contribution in [2.75, 3.05) is 24.2 Å². The number of hydrogen-bond acceptors (Lipinski definition) is 5. The molecular weight excluding hydrogens is 537 g/mol. The summed E-state index contributed by atoms with van der Waals surface area (Å²) in [5.41, 5.74) is 1.08. The molecule has 0 aromatic heterocycles. The minimum absolute atomic E-state index is 0.0223. The van der Waals surface area contributed by atoms with Gasteiger partial charge in [0.1, 0.15) is 11.8 Å². The summed E-state index contributed by atoms with van der Waals surface area (Å²) in [4.78, 5) is 27.8. The van der Waals surface area contributed by atoms with Gasteiger partial charge in [-0.1, -0.05) is 42.3 Å². The zero-order valence-electron chi connectivity index (χ0n) is 21.8. The molecule has 2 atom stereocenters. The van der Waals surface area contributed by atoms with Gasteiger partial charge in [0.05, 0.1) is 24.1 Å². The number of anilines is 1. The third kappa shape index (κ3) is 9.09. The lowest BCUT2D eigenvalue weighted by molar-refractivity contribution is -0.140. The van der Waals surface area contributed by atoms with Gasteiger partial charge in [-0.05, 0) is 62.6 Å². The molecular formula is C26H35Cl2N3O5S. The fraction of sp³-hybridized carbons (Fsp3) is 0.462. The molecule has 37 heavy (non-hydrogen) atoms. The number of sulfonamides is 1. The second kappa shape index (κ2) is 13.9. The van der Waals surface area contributed by atoms with E-state index in [1.807, 2.05) is 26.0 Å². The van der Waals surface area contributed by atoms with Crippen LogP contribution in [0, 0.1) is 0 Å². The maximum atomic E-state index is 13.4. The molecule has 204 valence electrons. The lowest BCUT2D eigenvalue weighted by Crippen LogP contribution is -2.49. The summed E-state index contributed by atoms with van der Waals surface area (Å²) < 4.78 is 31.3. The van der Waals surface area contributed by atoms with Crippen molar-refractivity contribution >= 4 is 50.7 Å². The first-order chi connectivity index (χ1) is 17.4. The minimum atomic E-state index is -3.69. The first-order valence-electron chi connectivity index (χ1n) is 12.0. The van der Waals surface area contributed by atoms with Crippen LogP contribution < -0.4 is 14.4 Å². The van der Waals surface area contributed by atoms with E-state index >= 15 is 0 Å². The molecule has 2 aromatic rings. The monoisotopic (exact) mass is 571 g/mol. The van der Waals surface area contributed by atoms with Crippen LogP contribution in [0.25, 0.3) is 0 Å². The standard InChI is InChI=1S/C26H35Cl2N3O5S/c1-6-18(2)29-26(33)19(3)30(17-20-9-12-22(36-4)13-10-20)25(32)8-7-15-31(37(5,34)35)24-16-21(27)11-14-23(24)28/h9-14,16,18-19H,6-8,15,17H2,1-5H3,(H,29,33)/t18-,19-/m0/s1. The summed E-state index contributed by atoms with van der Waals surface area (Å²) >= 11 is 12.3. The zero-order valence-corrected chi connectivity index (χ0v) is 24.2. The van der Waals surface area contributed by atoms with Gasteiger partial charge in [0.2, 0.25) is 21.8 Å². The molecule has 0 unspecified atom stereocenters. The number of ether oxygens (including phenoxy) is 1. The Morgan fingerprint density at radius 2 is 1.73 bits per heavy atom. The molecule has 1 N–H and O–H groups in total. The average molecular weight is 573 g/mol. The van der Waals surface area contributed by atoms with Crippen molar-refractivity contribution in [3.05, 3.63) is 58.1 Å². The molecule has 0 fully saturated rings. The Hall–Kier alpha value is -2.49. The van der Waals surface area contributed by atoms with Crippen molar-refractivity contribution in [1.82, 2.24) is 10.2 Å². The molecule has 0 saturated heterocycles. The third-order valence-electron chi connectivity index (χ3n) is 6.01. The van der Waals surface area contributed by atoms with Gasteiger partial charge in [-0.25, -0.2) is 8.42 Å². The molecule has 0 spiro atoms. The van der Waals surface area contributed by atoms with Gasteiger partial charge in [0.25, 0.3) is 0 Å². The lowest BCUT2D eigenvalue weighted by Gasteiger charge is -2.30. The molecule has 2 aromatic carbocycles. The lowest BCUT2D eigenvalue weighted by atomic mass is 10.1. The van der Waals surface area contributed by atoms with E-state index in [-0.39, 0.29) is 54.5 Å². The van der Waals surface area contributed by atoms with E-state index in [4.69, 9.17) is 27.9 Å². The number of amides is 2. The smallest absolute Gasteiger partial charge is 0.242 e. The molecule has 0 radical (unpaired) electrons. The van der Waals surface area contributed by atoms with Crippen LogP contribution in [0.4, 0.5) is 5.69 Å². The Labute approximate surface area is 229 Å². The quantitative estimate of drug-likeness (QED) is 0.369. The van der Waals surface area contributed by atoms with E-state index in [1.54, 1.807) is 32.2 Å². The zero-order chi connectivity index (χ0) is 27.8. The first-order valence-corrected chi connectivity index (χ1v) is 14.6. The first kappa shape index (κ1) is 30.7. The Bertz CT molecular complexity index is 1180. The van der Waals surface area contributed by atoms with Crippen molar-refractivity contribution in [1.29, 1.82) is 0 Å². The molecule has 0 bridgehead atoms. The largest absolute Gasteiger partial charge is 0.497 e. The van der Waals surface area contributed by atoms with Crippen LogP contribution in [-0.4, -0.2) is 57.1 Å². The Balaban J connectivity index is 2.21. The van der Waals surface area contributed by atoms with Crippen molar-refractivity contribution in [3.8, 4) is 5.75 Å². The molecule has 0 aliphatic heterocycles. The van der Waals surface area contributed by atoms with Crippen molar-refractivity contribution in [3.63, 3.8) is 0 Å². The van der Waals surface area contributed by atoms with Crippen LogP contribution in [0.3, 0.4) is 0 Å². The number of halogens is 2. The topological polar surface area (TPSA) is 96.0 Å². The molecule has 2 rings (SSSR count). The average Bonchev–Trinajstić information content (AvgIpc) is 2.85. The summed E-state index contributed by atoms with van der Waals surface area (Å²) in [5, 5.41) is 3.51. The highest BCUT2D eigenvalue weighted by Gasteiger charge is 2.27. The molecule has 0 saturated carbocycles. The summed E-state index contributed by atoms with van der Waals surface area (Å²) in [6.45, 7) is 5.80. The van der Waals surface area contributed by atoms with E-state index in [9.17, 15) is 18.0 Å². The number of rotatable bonds is 13. The Morgan fingerprint density at radius 1 is 1.08 bits per heavy atom. The fourth-order valence-electron chi connectivity index (χ4n) is 3.64. The molecule has 8 nitrogen and oxygen atoms in total. The number of nitrogens with one attached hydrogen (secondary N) is 1. The molecule has 0 heterocycles. The number of methoxy groups -OCH3 is 1. The predicted octanol–water partition coefficient (Wildman–Crippen LogP) is 4.88. The van der Waals surface area contributed by atoms with Crippen LogP contribution in [0.1, 0.15) is 45.6 Å². The van der Waals surface area contributed by atoms with Crippen molar-refractivity contribution < 1.29 is 22.7 Å². The van der Waals surface area contributed by atoms with Crippen LogP contribution >= 0.6 is 23.2 Å². The highest BCUT2D eigenvalue weighted by atomic mass is 35.5. The van der Waals surface area contributed by atoms with E-state index < -0.39 is 16.1 Å². The molecule has 11 heteroatoms. The molecule has 0 aliphatic rings. The third-order valence-corrected chi connectivity index (χ3v) is 7.74. The normalized spacial score (nSPS) is 12.9. The molecule has 0 aliphatic carbocycles. The number of carbonyl (C=O) groups excluding carboxylic acids is 2.